The Hall–Kier alpha value is -1.84. The van der Waals surface area contributed by atoms with Crippen LogP contribution < -0.4 is 11.1 Å². The number of nitrogens with zero attached hydrogens (tertiary/aromatic N) is 1. The molecule has 3 N–H and O–H groups in total. The van der Waals surface area contributed by atoms with Crippen LogP contribution in [0.25, 0.3) is 0 Å². The summed E-state index contributed by atoms with van der Waals surface area (Å²) in [6.45, 7) is 1.49. The monoisotopic (exact) mass is 305 g/mol. The van der Waals surface area contributed by atoms with Crippen molar-refractivity contribution in [2.45, 2.75) is 12.8 Å². The van der Waals surface area contributed by atoms with Gasteiger partial charge < -0.3 is 16.0 Å². The number of hydrogen-bond acceptors (Lipinski definition) is 4. The second-order valence-electron chi connectivity index (χ2n) is 4.91. The van der Waals surface area contributed by atoms with Crippen LogP contribution in [0.3, 0.4) is 0 Å². The summed E-state index contributed by atoms with van der Waals surface area (Å²) >= 11 is 1.44. The predicted molar refractivity (Wildman–Crippen MR) is 82.9 cm³/mol. The number of amides is 2. The van der Waals surface area contributed by atoms with Crippen LogP contribution in [0.1, 0.15) is 28.1 Å². The van der Waals surface area contributed by atoms with Gasteiger partial charge >= 0.3 is 0 Å². The standard InChI is InChI=1S/C15H19N3O2S/c1-17-14(19)11-4-3-7-18(9-11)15(20)12-8-13(21-10-12)5-2-6-16/h8,10-11H,3-4,6-7,9,16H2,1H3,(H,17,19). The first-order chi connectivity index (χ1) is 10.2. The third-order valence-corrected chi connectivity index (χ3v) is 4.33. The van der Waals surface area contributed by atoms with E-state index in [1.54, 1.807) is 18.0 Å². The molecule has 1 aromatic heterocycles. The van der Waals surface area contributed by atoms with E-state index >= 15 is 0 Å². The van der Waals surface area contributed by atoms with E-state index in [9.17, 15) is 9.59 Å². The lowest BCUT2D eigenvalue weighted by Crippen LogP contribution is -2.44. The molecule has 1 fully saturated rings. The van der Waals surface area contributed by atoms with E-state index in [0.29, 0.717) is 25.2 Å². The summed E-state index contributed by atoms with van der Waals surface area (Å²) in [5, 5.41) is 4.47. The SMILES string of the molecule is CNC(=O)C1CCCN(C(=O)c2csc(C#CCN)c2)C1. The number of rotatable bonds is 2. The molecule has 1 aliphatic heterocycles. The second-order valence-corrected chi connectivity index (χ2v) is 5.82. The third kappa shape index (κ3) is 3.84. The molecule has 21 heavy (non-hydrogen) atoms. The van der Waals surface area contributed by atoms with Gasteiger partial charge in [0.1, 0.15) is 0 Å². The van der Waals surface area contributed by atoms with Crippen molar-refractivity contribution in [3.63, 3.8) is 0 Å². The van der Waals surface area contributed by atoms with Crippen molar-refractivity contribution in [1.29, 1.82) is 0 Å². The van der Waals surface area contributed by atoms with Gasteiger partial charge in [-0.3, -0.25) is 9.59 Å². The molecule has 2 rings (SSSR count). The number of thiophene rings is 1. The molecule has 0 spiro atoms. The van der Waals surface area contributed by atoms with Gasteiger partial charge in [-0.1, -0.05) is 11.8 Å². The minimum atomic E-state index is -0.108. The fraction of sp³-hybridized carbons (Fsp3) is 0.467. The number of nitrogens with two attached hydrogens (primary N) is 1. The summed E-state index contributed by atoms with van der Waals surface area (Å²) in [4.78, 5) is 26.8. The Labute approximate surface area is 128 Å². The quantitative estimate of drug-likeness (QED) is 0.788. The molecule has 0 aliphatic carbocycles. The summed E-state index contributed by atoms with van der Waals surface area (Å²) in [5.74, 6) is 5.57. The summed E-state index contributed by atoms with van der Waals surface area (Å²) in [6.07, 6.45) is 1.69. The van der Waals surface area contributed by atoms with Gasteiger partial charge in [-0.25, -0.2) is 0 Å². The van der Waals surface area contributed by atoms with Crippen molar-refractivity contribution < 1.29 is 9.59 Å². The Bertz CT molecular complexity index is 585. The molecule has 5 nitrogen and oxygen atoms in total. The molecule has 0 saturated carbocycles. The molecule has 1 aliphatic rings. The van der Waals surface area contributed by atoms with Crippen LogP contribution in [-0.4, -0.2) is 43.4 Å². The fourth-order valence-corrected chi connectivity index (χ4v) is 3.16. The largest absolute Gasteiger partial charge is 0.359 e. The highest BCUT2D eigenvalue weighted by Gasteiger charge is 2.28. The van der Waals surface area contributed by atoms with Gasteiger partial charge in [-0.05, 0) is 18.9 Å². The molecular weight excluding hydrogens is 286 g/mol. The summed E-state index contributed by atoms with van der Waals surface area (Å²) in [5.41, 5.74) is 5.97. The Kier molecular flexibility index (Phi) is 5.37. The number of likely N-dealkylation sites (tertiary alicyclic amines) is 1. The molecule has 2 amide bonds. The second kappa shape index (κ2) is 7.25. The van der Waals surface area contributed by atoms with Gasteiger partial charge in [0.25, 0.3) is 5.91 Å². The van der Waals surface area contributed by atoms with Crippen molar-refractivity contribution in [3.8, 4) is 11.8 Å². The van der Waals surface area contributed by atoms with Crippen LogP contribution in [0.5, 0.6) is 0 Å². The molecule has 0 bridgehead atoms. The number of carbonyl (C=O) groups is 2. The molecule has 0 aromatic carbocycles. The lowest BCUT2D eigenvalue weighted by Gasteiger charge is -2.31. The van der Waals surface area contributed by atoms with E-state index in [4.69, 9.17) is 5.73 Å². The third-order valence-electron chi connectivity index (χ3n) is 3.49. The van der Waals surface area contributed by atoms with Crippen molar-refractivity contribution in [2.75, 3.05) is 26.7 Å². The van der Waals surface area contributed by atoms with Crippen molar-refractivity contribution in [3.05, 3.63) is 21.9 Å². The Morgan fingerprint density at radius 2 is 2.38 bits per heavy atom. The molecule has 2 heterocycles. The molecule has 1 atom stereocenters. The molecular formula is C15H19N3O2S. The number of hydrogen-bond donors (Lipinski definition) is 2. The first-order valence-electron chi connectivity index (χ1n) is 6.94. The topological polar surface area (TPSA) is 75.4 Å². The zero-order valence-electron chi connectivity index (χ0n) is 12.0. The fourth-order valence-electron chi connectivity index (χ4n) is 2.41. The lowest BCUT2D eigenvalue weighted by molar-refractivity contribution is -0.125. The van der Waals surface area contributed by atoms with E-state index in [1.165, 1.54) is 11.3 Å². The molecule has 1 aromatic rings. The zero-order chi connectivity index (χ0) is 15.2. The molecule has 0 radical (unpaired) electrons. The van der Waals surface area contributed by atoms with Crippen LogP contribution in [0.15, 0.2) is 11.4 Å². The average Bonchev–Trinajstić information content (AvgIpc) is 3.00. The summed E-state index contributed by atoms with van der Waals surface area (Å²) < 4.78 is 0. The van der Waals surface area contributed by atoms with Gasteiger partial charge in [0.15, 0.2) is 0 Å². The molecule has 6 heteroatoms. The predicted octanol–water partition coefficient (Wildman–Crippen LogP) is 0.656. The highest BCUT2D eigenvalue weighted by Crippen LogP contribution is 2.21. The Balaban J connectivity index is 2.05. The van der Waals surface area contributed by atoms with E-state index in [-0.39, 0.29) is 17.7 Å². The number of piperidine rings is 1. The van der Waals surface area contributed by atoms with Gasteiger partial charge in [-0.2, -0.15) is 0 Å². The van der Waals surface area contributed by atoms with E-state index in [1.807, 2.05) is 5.38 Å². The minimum absolute atomic E-state index is 0.00678. The van der Waals surface area contributed by atoms with E-state index in [2.05, 4.69) is 17.2 Å². The van der Waals surface area contributed by atoms with Crippen LogP contribution in [0.4, 0.5) is 0 Å². The van der Waals surface area contributed by atoms with Gasteiger partial charge in [0.05, 0.1) is 22.9 Å². The maximum Gasteiger partial charge on any atom is 0.254 e. The average molecular weight is 305 g/mol. The first-order valence-corrected chi connectivity index (χ1v) is 7.82. The van der Waals surface area contributed by atoms with E-state index in [0.717, 1.165) is 17.7 Å². The molecule has 1 saturated heterocycles. The minimum Gasteiger partial charge on any atom is -0.359 e. The number of carbonyl (C=O) groups excluding carboxylic acids is 2. The van der Waals surface area contributed by atoms with Gasteiger partial charge in [0.2, 0.25) is 5.91 Å². The van der Waals surface area contributed by atoms with Crippen molar-refractivity contribution in [2.24, 2.45) is 11.7 Å². The lowest BCUT2D eigenvalue weighted by atomic mass is 9.97. The number of nitrogens with one attached hydrogen (secondary N) is 1. The Morgan fingerprint density at radius 3 is 3.10 bits per heavy atom. The maximum atomic E-state index is 12.5. The van der Waals surface area contributed by atoms with Gasteiger partial charge in [-0.15, -0.1) is 11.3 Å². The maximum absolute atomic E-state index is 12.5. The summed E-state index contributed by atoms with van der Waals surface area (Å²) in [7, 11) is 1.63. The smallest absolute Gasteiger partial charge is 0.254 e. The Morgan fingerprint density at radius 1 is 1.57 bits per heavy atom. The molecule has 112 valence electrons. The van der Waals surface area contributed by atoms with Crippen LogP contribution >= 0.6 is 11.3 Å². The molecule has 1 unspecified atom stereocenters. The normalized spacial score (nSPS) is 17.8. The van der Waals surface area contributed by atoms with E-state index < -0.39 is 0 Å². The van der Waals surface area contributed by atoms with Crippen LogP contribution in [0, 0.1) is 17.8 Å². The zero-order valence-corrected chi connectivity index (χ0v) is 12.8. The highest BCUT2D eigenvalue weighted by atomic mass is 32.1. The van der Waals surface area contributed by atoms with Crippen molar-refractivity contribution >= 4 is 23.2 Å². The first kappa shape index (κ1) is 15.5. The summed E-state index contributed by atoms with van der Waals surface area (Å²) in [6, 6.07) is 1.79. The van der Waals surface area contributed by atoms with Crippen LogP contribution in [0.2, 0.25) is 0 Å². The van der Waals surface area contributed by atoms with Crippen LogP contribution in [-0.2, 0) is 4.79 Å². The highest BCUT2D eigenvalue weighted by molar-refractivity contribution is 7.10. The van der Waals surface area contributed by atoms with Gasteiger partial charge in [0, 0.05) is 25.5 Å². The van der Waals surface area contributed by atoms with Crippen molar-refractivity contribution in [1.82, 2.24) is 10.2 Å².